The Hall–Kier alpha value is -0.770. The summed E-state index contributed by atoms with van der Waals surface area (Å²) in [5.41, 5.74) is 0. The molecule has 0 unspecified atom stereocenters. The predicted octanol–water partition coefficient (Wildman–Crippen LogP) is 0.189. The molecule has 68 valence electrons. The molecule has 1 saturated heterocycles. The van der Waals surface area contributed by atoms with Crippen molar-refractivity contribution < 1.29 is 9.53 Å². The zero-order chi connectivity index (χ0) is 8.55. The van der Waals surface area contributed by atoms with Crippen molar-refractivity contribution in [3.8, 4) is 0 Å². The second-order valence-corrected chi connectivity index (χ2v) is 3.41. The van der Waals surface area contributed by atoms with Gasteiger partial charge in [-0.05, 0) is 12.8 Å². The molecule has 0 atom stereocenters. The van der Waals surface area contributed by atoms with Gasteiger partial charge in [-0.2, -0.15) is 0 Å². The Kier molecular flexibility index (Phi) is 1.92. The van der Waals surface area contributed by atoms with E-state index in [0.717, 1.165) is 25.9 Å². The third-order valence-corrected chi connectivity index (χ3v) is 2.73. The molecule has 0 aromatic rings. The zero-order valence-corrected chi connectivity index (χ0v) is 7.25. The van der Waals surface area contributed by atoms with E-state index in [1.54, 1.807) is 7.11 Å². The van der Waals surface area contributed by atoms with Gasteiger partial charge >= 0.3 is 6.03 Å². The first kappa shape index (κ1) is 7.86. The number of nitrogens with one attached hydrogen (secondary N) is 1. The van der Waals surface area contributed by atoms with Crippen molar-refractivity contribution in [1.29, 1.82) is 0 Å². The number of amides is 2. The summed E-state index contributed by atoms with van der Waals surface area (Å²) >= 11 is 0. The van der Waals surface area contributed by atoms with Gasteiger partial charge in [0.1, 0.15) is 0 Å². The van der Waals surface area contributed by atoms with Gasteiger partial charge in [-0.15, -0.1) is 0 Å². The normalized spacial score (nSPS) is 34.8. The largest absolute Gasteiger partial charge is 0.381 e. The molecular weight excluding hydrogens is 156 g/mol. The summed E-state index contributed by atoms with van der Waals surface area (Å²) in [6.07, 6.45) is 2.39. The number of urea groups is 1. The molecule has 2 aliphatic rings. The summed E-state index contributed by atoms with van der Waals surface area (Å²) in [5, 5.41) is 2.80. The van der Waals surface area contributed by atoms with Crippen LogP contribution in [-0.4, -0.2) is 43.3 Å². The highest BCUT2D eigenvalue weighted by molar-refractivity contribution is 5.76. The van der Waals surface area contributed by atoms with E-state index >= 15 is 0 Å². The fraction of sp³-hybridized carbons (Fsp3) is 0.875. The lowest BCUT2D eigenvalue weighted by molar-refractivity contribution is -0.00961. The second kappa shape index (κ2) is 2.94. The zero-order valence-electron chi connectivity index (χ0n) is 7.25. The minimum Gasteiger partial charge on any atom is -0.381 e. The molecule has 0 aromatic carbocycles. The van der Waals surface area contributed by atoms with Gasteiger partial charge in [0.05, 0.1) is 6.10 Å². The number of methoxy groups -OCH3 is 1. The van der Waals surface area contributed by atoms with Crippen molar-refractivity contribution in [2.75, 3.05) is 20.2 Å². The first-order chi connectivity index (χ1) is 5.81. The molecule has 2 rings (SSSR count). The lowest BCUT2D eigenvalue weighted by atomic mass is 9.88. The Balaban J connectivity index is 1.83. The second-order valence-electron chi connectivity index (χ2n) is 3.41. The molecule has 12 heavy (non-hydrogen) atoms. The number of nitrogens with zero attached hydrogens (tertiary/aromatic N) is 1. The average molecular weight is 170 g/mol. The van der Waals surface area contributed by atoms with Crippen molar-refractivity contribution in [3.05, 3.63) is 0 Å². The number of ether oxygens (including phenoxy) is 1. The fourth-order valence-corrected chi connectivity index (χ4v) is 1.82. The standard InChI is InChI=1S/C8H14N2O2/c1-12-7-4-6(5-7)10-3-2-9-8(10)11/h6-7H,2-5H2,1H3,(H,9,11). The monoisotopic (exact) mass is 170 g/mol. The van der Waals surface area contributed by atoms with Crippen LogP contribution in [0.5, 0.6) is 0 Å². The topological polar surface area (TPSA) is 41.6 Å². The predicted molar refractivity (Wildman–Crippen MR) is 43.9 cm³/mol. The van der Waals surface area contributed by atoms with E-state index in [1.165, 1.54) is 0 Å². The fourth-order valence-electron chi connectivity index (χ4n) is 1.82. The summed E-state index contributed by atoms with van der Waals surface area (Å²) in [7, 11) is 1.73. The Bertz CT molecular complexity index is 189. The number of rotatable bonds is 2. The highest BCUT2D eigenvalue weighted by Crippen LogP contribution is 2.28. The molecule has 1 aliphatic heterocycles. The van der Waals surface area contributed by atoms with Crippen LogP contribution in [-0.2, 0) is 4.74 Å². The van der Waals surface area contributed by atoms with Crippen molar-refractivity contribution in [2.45, 2.75) is 25.0 Å². The van der Waals surface area contributed by atoms with E-state index in [-0.39, 0.29) is 6.03 Å². The Morgan fingerprint density at radius 1 is 1.58 bits per heavy atom. The van der Waals surface area contributed by atoms with E-state index in [4.69, 9.17) is 4.74 Å². The van der Waals surface area contributed by atoms with Gasteiger partial charge in [0, 0.05) is 26.2 Å². The first-order valence-corrected chi connectivity index (χ1v) is 4.38. The third-order valence-electron chi connectivity index (χ3n) is 2.73. The molecule has 0 bridgehead atoms. The van der Waals surface area contributed by atoms with Crippen LogP contribution >= 0.6 is 0 Å². The lowest BCUT2D eigenvalue weighted by Crippen LogP contribution is -2.49. The van der Waals surface area contributed by atoms with Gasteiger partial charge < -0.3 is 15.0 Å². The molecule has 1 heterocycles. The number of hydrogen-bond acceptors (Lipinski definition) is 2. The maximum Gasteiger partial charge on any atom is 0.317 e. The summed E-state index contributed by atoms with van der Waals surface area (Å²) in [6, 6.07) is 0.520. The van der Waals surface area contributed by atoms with Crippen molar-refractivity contribution in [2.24, 2.45) is 0 Å². The molecule has 0 spiro atoms. The van der Waals surface area contributed by atoms with Crippen LogP contribution in [0.15, 0.2) is 0 Å². The van der Waals surface area contributed by atoms with Crippen LogP contribution in [0.1, 0.15) is 12.8 Å². The Morgan fingerprint density at radius 3 is 2.83 bits per heavy atom. The molecule has 2 fully saturated rings. The van der Waals surface area contributed by atoms with Gasteiger partial charge in [-0.3, -0.25) is 0 Å². The molecule has 0 radical (unpaired) electrons. The average Bonchev–Trinajstić information content (AvgIpc) is 2.35. The third kappa shape index (κ3) is 1.16. The lowest BCUT2D eigenvalue weighted by Gasteiger charge is -2.39. The SMILES string of the molecule is COC1CC(N2CCNC2=O)C1. The summed E-state index contributed by atoms with van der Waals surface area (Å²) in [4.78, 5) is 13.1. The molecule has 1 aliphatic carbocycles. The van der Waals surface area contributed by atoms with Gasteiger partial charge in [0.2, 0.25) is 0 Å². The van der Waals surface area contributed by atoms with Gasteiger partial charge in [0.15, 0.2) is 0 Å². The van der Waals surface area contributed by atoms with Gasteiger partial charge in [0.25, 0.3) is 0 Å². The highest BCUT2D eigenvalue weighted by Gasteiger charge is 2.37. The van der Waals surface area contributed by atoms with Gasteiger partial charge in [-0.25, -0.2) is 4.79 Å². The van der Waals surface area contributed by atoms with Crippen molar-refractivity contribution in [3.63, 3.8) is 0 Å². The van der Waals surface area contributed by atoms with Crippen molar-refractivity contribution >= 4 is 6.03 Å². The van der Waals surface area contributed by atoms with Crippen LogP contribution in [0.3, 0.4) is 0 Å². The van der Waals surface area contributed by atoms with E-state index in [2.05, 4.69) is 5.32 Å². The maximum absolute atomic E-state index is 11.2. The molecule has 4 heteroatoms. The molecule has 2 amide bonds. The van der Waals surface area contributed by atoms with Crippen LogP contribution in [0, 0.1) is 0 Å². The summed E-state index contributed by atoms with van der Waals surface area (Å²) in [6.45, 7) is 1.66. The minimum absolute atomic E-state index is 0.0922. The van der Waals surface area contributed by atoms with E-state index in [1.807, 2.05) is 4.90 Å². The molecule has 1 N–H and O–H groups in total. The molecule has 4 nitrogen and oxygen atoms in total. The van der Waals surface area contributed by atoms with Crippen LogP contribution in [0.2, 0.25) is 0 Å². The molecular formula is C8H14N2O2. The molecule has 0 aromatic heterocycles. The summed E-state index contributed by atoms with van der Waals surface area (Å²) in [5.74, 6) is 0. The molecule has 1 saturated carbocycles. The quantitative estimate of drug-likeness (QED) is 0.642. The summed E-state index contributed by atoms with van der Waals surface area (Å²) < 4.78 is 5.15. The highest BCUT2D eigenvalue weighted by atomic mass is 16.5. The van der Waals surface area contributed by atoms with Gasteiger partial charge in [-0.1, -0.05) is 0 Å². The maximum atomic E-state index is 11.2. The van der Waals surface area contributed by atoms with Crippen LogP contribution < -0.4 is 5.32 Å². The van der Waals surface area contributed by atoms with E-state index < -0.39 is 0 Å². The van der Waals surface area contributed by atoms with Crippen molar-refractivity contribution in [1.82, 2.24) is 10.2 Å². The number of carbonyl (C=O) groups excluding carboxylic acids is 1. The number of hydrogen-bond donors (Lipinski definition) is 1. The van der Waals surface area contributed by atoms with E-state index in [9.17, 15) is 4.79 Å². The minimum atomic E-state index is 0.0922. The smallest absolute Gasteiger partial charge is 0.317 e. The van der Waals surface area contributed by atoms with E-state index in [0.29, 0.717) is 12.1 Å². The first-order valence-electron chi connectivity index (χ1n) is 4.38. The van der Waals surface area contributed by atoms with Crippen LogP contribution in [0.25, 0.3) is 0 Å². The Morgan fingerprint density at radius 2 is 2.33 bits per heavy atom. The van der Waals surface area contributed by atoms with Crippen LogP contribution in [0.4, 0.5) is 4.79 Å². The number of carbonyl (C=O) groups is 1. The Labute approximate surface area is 71.9 Å².